The van der Waals surface area contributed by atoms with E-state index in [2.05, 4.69) is 4.72 Å². The van der Waals surface area contributed by atoms with Crippen molar-refractivity contribution < 1.29 is 17.2 Å². The molecular formula is C13H9ClF2INO2S. The number of halogens is 4. The van der Waals surface area contributed by atoms with E-state index >= 15 is 0 Å². The predicted molar refractivity (Wildman–Crippen MR) is 86.1 cm³/mol. The Kier molecular flexibility index (Phi) is 4.74. The fourth-order valence-corrected chi connectivity index (χ4v) is 3.68. The topological polar surface area (TPSA) is 46.2 Å². The van der Waals surface area contributed by atoms with Crippen molar-refractivity contribution in [3.63, 3.8) is 0 Å². The lowest BCUT2D eigenvalue weighted by atomic mass is 10.2. The molecule has 0 aliphatic heterocycles. The average molecular weight is 444 g/mol. The molecular weight excluding hydrogens is 435 g/mol. The first kappa shape index (κ1) is 16.4. The van der Waals surface area contributed by atoms with Crippen LogP contribution in [-0.2, 0) is 10.0 Å². The van der Waals surface area contributed by atoms with Gasteiger partial charge >= 0.3 is 0 Å². The van der Waals surface area contributed by atoms with E-state index in [4.69, 9.17) is 11.6 Å². The van der Waals surface area contributed by atoms with Gasteiger partial charge in [0.1, 0.15) is 5.82 Å². The minimum atomic E-state index is -4.01. The van der Waals surface area contributed by atoms with Crippen LogP contribution < -0.4 is 4.72 Å². The summed E-state index contributed by atoms with van der Waals surface area (Å²) in [5.74, 6) is -1.72. The summed E-state index contributed by atoms with van der Waals surface area (Å²) in [5, 5.41) is 0.254. The number of rotatable bonds is 3. The van der Waals surface area contributed by atoms with Gasteiger partial charge in [0.15, 0.2) is 5.82 Å². The Hall–Kier alpha value is -0.930. The molecule has 0 aliphatic carbocycles. The third kappa shape index (κ3) is 3.64. The molecule has 0 atom stereocenters. The Bertz CT molecular complexity index is 792. The van der Waals surface area contributed by atoms with Gasteiger partial charge in [-0.2, -0.15) is 0 Å². The molecule has 3 nitrogen and oxygen atoms in total. The number of sulfonamides is 1. The zero-order chi connectivity index (χ0) is 15.8. The van der Waals surface area contributed by atoms with Crippen LogP contribution in [0.2, 0.25) is 5.02 Å². The molecule has 2 aromatic rings. The lowest BCUT2D eigenvalue weighted by molar-refractivity contribution is 0.571. The first-order valence-corrected chi connectivity index (χ1v) is 8.58. The lowest BCUT2D eigenvalue weighted by Crippen LogP contribution is -2.15. The Morgan fingerprint density at radius 1 is 1.19 bits per heavy atom. The molecule has 2 rings (SSSR count). The number of aryl methyl sites for hydroxylation is 1. The smallest absolute Gasteiger partial charge is 0.262 e. The highest BCUT2D eigenvalue weighted by Gasteiger charge is 2.19. The van der Waals surface area contributed by atoms with Crippen LogP contribution in [0.5, 0.6) is 0 Å². The highest BCUT2D eigenvalue weighted by molar-refractivity contribution is 14.1. The Labute approximate surface area is 139 Å². The average Bonchev–Trinajstić information content (AvgIpc) is 2.38. The normalized spacial score (nSPS) is 11.5. The summed E-state index contributed by atoms with van der Waals surface area (Å²) in [7, 11) is -4.01. The third-order valence-corrected chi connectivity index (χ3v) is 5.16. The van der Waals surface area contributed by atoms with Gasteiger partial charge in [0.25, 0.3) is 10.0 Å². The van der Waals surface area contributed by atoms with Crippen LogP contribution in [0.3, 0.4) is 0 Å². The van der Waals surface area contributed by atoms with Crippen molar-refractivity contribution in [1.29, 1.82) is 0 Å². The lowest BCUT2D eigenvalue weighted by Gasteiger charge is -2.11. The second-order valence-corrected chi connectivity index (χ2v) is 7.49. The molecule has 0 aromatic heterocycles. The maximum Gasteiger partial charge on any atom is 0.262 e. The maximum atomic E-state index is 13.9. The van der Waals surface area contributed by atoms with Gasteiger partial charge in [-0.1, -0.05) is 11.6 Å². The van der Waals surface area contributed by atoms with Gasteiger partial charge in [-0.3, -0.25) is 4.72 Å². The van der Waals surface area contributed by atoms with Crippen LogP contribution in [0.4, 0.5) is 14.5 Å². The molecule has 0 bridgehead atoms. The van der Waals surface area contributed by atoms with Crippen LogP contribution in [0, 0.1) is 22.1 Å². The van der Waals surface area contributed by atoms with E-state index in [0.29, 0.717) is 5.56 Å². The minimum Gasteiger partial charge on any atom is -0.277 e. The molecule has 0 aliphatic rings. The zero-order valence-corrected chi connectivity index (χ0v) is 14.4. The van der Waals surface area contributed by atoms with Gasteiger partial charge in [0.05, 0.1) is 14.2 Å². The second kappa shape index (κ2) is 6.05. The SMILES string of the molecule is Cc1cc(Cl)cc(S(=O)(=O)Nc2ccc(F)c(I)c2F)c1. The quantitative estimate of drug-likeness (QED) is 0.567. The van der Waals surface area contributed by atoms with Gasteiger partial charge < -0.3 is 0 Å². The molecule has 21 heavy (non-hydrogen) atoms. The van der Waals surface area contributed by atoms with E-state index in [-0.39, 0.29) is 19.2 Å². The summed E-state index contributed by atoms with van der Waals surface area (Å²) in [6, 6.07) is 6.28. The molecule has 8 heteroatoms. The highest BCUT2D eigenvalue weighted by atomic mass is 127. The molecule has 0 fully saturated rings. The summed E-state index contributed by atoms with van der Waals surface area (Å²) >= 11 is 7.28. The van der Waals surface area contributed by atoms with Gasteiger partial charge in [-0.15, -0.1) is 0 Å². The van der Waals surface area contributed by atoms with Crippen LogP contribution >= 0.6 is 34.2 Å². The third-order valence-electron chi connectivity index (χ3n) is 2.61. The van der Waals surface area contributed by atoms with Crippen molar-refractivity contribution in [3.8, 4) is 0 Å². The molecule has 2 aromatic carbocycles. The summed E-state index contributed by atoms with van der Waals surface area (Å²) in [5.41, 5.74) is 0.329. The zero-order valence-electron chi connectivity index (χ0n) is 10.6. The van der Waals surface area contributed by atoms with Crippen molar-refractivity contribution in [2.45, 2.75) is 11.8 Å². The van der Waals surface area contributed by atoms with E-state index < -0.39 is 21.7 Å². The van der Waals surface area contributed by atoms with E-state index in [1.165, 1.54) is 34.7 Å². The van der Waals surface area contributed by atoms with E-state index in [0.717, 1.165) is 12.1 Å². The minimum absolute atomic E-state index is 0.0915. The second-order valence-electron chi connectivity index (χ2n) is 4.29. The van der Waals surface area contributed by atoms with Crippen molar-refractivity contribution in [2.75, 3.05) is 4.72 Å². The number of nitrogens with one attached hydrogen (secondary N) is 1. The molecule has 0 unspecified atom stereocenters. The summed E-state index contributed by atoms with van der Waals surface area (Å²) in [4.78, 5) is -0.0915. The fourth-order valence-electron chi connectivity index (χ4n) is 1.67. The summed E-state index contributed by atoms with van der Waals surface area (Å²) in [6.45, 7) is 1.69. The number of anilines is 1. The molecule has 1 N–H and O–H groups in total. The Morgan fingerprint density at radius 2 is 1.86 bits per heavy atom. The standard InChI is InChI=1S/C13H9ClF2INO2S/c1-7-4-8(14)6-9(5-7)21(19,20)18-11-3-2-10(15)13(17)12(11)16/h2-6,18H,1H3. The molecule has 0 saturated carbocycles. The van der Waals surface area contributed by atoms with Gasteiger partial charge in [-0.25, -0.2) is 17.2 Å². The van der Waals surface area contributed by atoms with Crippen LogP contribution in [0.15, 0.2) is 35.2 Å². The summed E-state index contributed by atoms with van der Waals surface area (Å²) in [6.07, 6.45) is 0. The number of hydrogen-bond acceptors (Lipinski definition) is 2. The maximum absolute atomic E-state index is 13.9. The molecule has 0 spiro atoms. The summed E-state index contributed by atoms with van der Waals surface area (Å²) < 4.78 is 53.3. The van der Waals surface area contributed by atoms with Crippen molar-refractivity contribution in [2.24, 2.45) is 0 Å². The molecule has 0 heterocycles. The number of hydrogen-bond donors (Lipinski definition) is 1. The van der Waals surface area contributed by atoms with E-state index in [9.17, 15) is 17.2 Å². The molecule has 0 saturated heterocycles. The van der Waals surface area contributed by atoms with Gasteiger partial charge in [0.2, 0.25) is 0 Å². The monoisotopic (exact) mass is 443 g/mol. The highest BCUT2D eigenvalue weighted by Crippen LogP contribution is 2.26. The van der Waals surface area contributed by atoms with Crippen molar-refractivity contribution in [1.82, 2.24) is 0 Å². The Balaban J connectivity index is 2.45. The molecule has 0 amide bonds. The number of benzene rings is 2. The van der Waals surface area contributed by atoms with Crippen LogP contribution in [0.1, 0.15) is 5.56 Å². The van der Waals surface area contributed by atoms with Crippen molar-refractivity contribution in [3.05, 3.63) is 56.1 Å². The van der Waals surface area contributed by atoms with Crippen molar-refractivity contribution >= 4 is 49.9 Å². The molecule has 0 radical (unpaired) electrons. The largest absolute Gasteiger partial charge is 0.277 e. The fraction of sp³-hybridized carbons (Fsp3) is 0.0769. The van der Waals surface area contributed by atoms with Crippen LogP contribution in [0.25, 0.3) is 0 Å². The predicted octanol–water partition coefficient (Wildman–Crippen LogP) is 4.33. The molecule has 112 valence electrons. The van der Waals surface area contributed by atoms with E-state index in [1.807, 2.05) is 0 Å². The van der Waals surface area contributed by atoms with Gasteiger partial charge in [0, 0.05) is 5.02 Å². The van der Waals surface area contributed by atoms with Gasteiger partial charge in [-0.05, 0) is 65.4 Å². The Morgan fingerprint density at radius 3 is 2.48 bits per heavy atom. The first-order valence-electron chi connectivity index (χ1n) is 5.64. The van der Waals surface area contributed by atoms with Crippen LogP contribution in [-0.4, -0.2) is 8.42 Å². The first-order chi connectivity index (χ1) is 9.70. The van der Waals surface area contributed by atoms with E-state index in [1.54, 1.807) is 13.0 Å².